The van der Waals surface area contributed by atoms with Gasteiger partial charge in [-0.05, 0) is 91.9 Å². The third kappa shape index (κ3) is 8.17. The lowest BCUT2D eigenvalue weighted by molar-refractivity contribution is -0.125. The molecule has 2 aromatic carbocycles. The first kappa shape index (κ1) is 33.7. The molecule has 9 heteroatoms. The zero-order valence-electron chi connectivity index (χ0n) is 28.1. The molecular formula is C37H50N4O4Si. The van der Waals surface area contributed by atoms with Gasteiger partial charge in [0.25, 0.3) is 8.32 Å². The summed E-state index contributed by atoms with van der Waals surface area (Å²) in [6, 6.07) is 25.4. The molecule has 2 aliphatic rings. The predicted molar refractivity (Wildman–Crippen MR) is 185 cm³/mol. The average molecular weight is 643 g/mol. The van der Waals surface area contributed by atoms with E-state index in [9.17, 15) is 9.59 Å². The zero-order chi connectivity index (χ0) is 33.0. The molecular weight excluding hydrogens is 593 g/mol. The summed E-state index contributed by atoms with van der Waals surface area (Å²) in [4.78, 5) is 30.0. The number of carbonyl (C=O) groups is 2. The summed E-state index contributed by atoms with van der Waals surface area (Å²) in [5, 5.41) is 5.31. The van der Waals surface area contributed by atoms with Gasteiger partial charge in [0.15, 0.2) is 0 Å². The fraction of sp³-hybridized carbons (Fsp3) is 0.486. The fourth-order valence-electron chi connectivity index (χ4n) is 6.67. The molecule has 3 aromatic rings. The van der Waals surface area contributed by atoms with E-state index in [-0.39, 0.29) is 29.0 Å². The largest absolute Gasteiger partial charge is 0.444 e. The molecule has 246 valence electrons. The second kappa shape index (κ2) is 14.0. The molecule has 2 fully saturated rings. The smallest absolute Gasteiger partial charge is 0.407 e. The number of hydrazine groups is 1. The summed E-state index contributed by atoms with van der Waals surface area (Å²) in [6.45, 7) is 12.4. The van der Waals surface area contributed by atoms with Gasteiger partial charge in [0.2, 0.25) is 5.91 Å². The Hall–Kier alpha value is -3.69. The number of hydrogen-bond acceptors (Lipinski definition) is 6. The molecule has 3 N–H and O–H groups in total. The monoisotopic (exact) mass is 642 g/mol. The quantitative estimate of drug-likeness (QED) is 0.169. The summed E-state index contributed by atoms with van der Waals surface area (Å²) in [6.07, 6.45) is 6.49. The molecule has 0 saturated heterocycles. The number of amides is 2. The van der Waals surface area contributed by atoms with Gasteiger partial charge in [0, 0.05) is 18.2 Å². The number of nitrogens with one attached hydrogen (secondary N) is 3. The molecule has 1 unspecified atom stereocenters. The van der Waals surface area contributed by atoms with Crippen LogP contribution in [0.1, 0.15) is 91.7 Å². The lowest BCUT2D eigenvalue weighted by Gasteiger charge is -2.45. The van der Waals surface area contributed by atoms with Crippen LogP contribution in [-0.2, 0) is 14.0 Å². The first-order valence-corrected chi connectivity index (χ1v) is 18.6. The number of pyridine rings is 1. The summed E-state index contributed by atoms with van der Waals surface area (Å²) in [5.74, 6) is 0.664. The average Bonchev–Trinajstić information content (AvgIpc) is 3.86. The molecule has 2 aliphatic carbocycles. The van der Waals surface area contributed by atoms with Crippen molar-refractivity contribution in [2.75, 3.05) is 5.43 Å². The van der Waals surface area contributed by atoms with Gasteiger partial charge in [-0.1, -0.05) is 87.9 Å². The molecule has 8 nitrogen and oxygen atoms in total. The van der Waals surface area contributed by atoms with Crippen LogP contribution < -0.4 is 26.5 Å². The number of nitrogens with zero attached hydrogens (tertiary/aromatic N) is 1. The Kier molecular flexibility index (Phi) is 10.2. The Morgan fingerprint density at radius 2 is 1.50 bits per heavy atom. The van der Waals surface area contributed by atoms with Crippen molar-refractivity contribution in [1.29, 1.82) is 0 Å². The second-order valence-corrected chi connectivity index (χ2v) is 19.1. The van der Waals surface area contributed by atoms with Gasteiger partial charge in [-0.3, -0.25) is 15.6 Å². The summed E-state index contributed by atoms with van der Waals surface area (Å²) in [7, 11) is -2.78. The number of hydrogen-bond donors (Lipinski definition) is 3. The highest BCUT2D eigenvalue weighted by atomic mass is 28.4. The summed E-state index contributed by atoms with van der Waals surface area (Å²) in [5.41, 5.74) is 6.45. The van der Waals surface area contributed by atoms with Crippen molar-refractivity contribution in [3.8, 4) is 0 Å². The van der Waals surface area contributed by atoms with E-state index < -0.39 is 20.0 Å². The second-order valence-electron chi connectivity index (χ2n) is 14.8. The molecule has 3 atom stereocenters. The maximum absolute atomic E-state index is 13.2. The van der Waals surface area contributed by atoms with Gasteiger partial charge < -0.3 is 14.5 Å². The number of ether oxygens (including phenoxy) is 1. The number of anilines is 1. The van der Waals surface area contributed by atoms with Crippen molar-refractivity contribution in [2.45, 2.75) is 103 Å². The number of rotatable bonds is 10. The van der Waals surface area contributed by atoms with Crippen molar-refractivity contribution >= 4 is 36.5 Å². The Morgan fingerprint density at radius 3 is 2.07 bits per heavy atom. The lowest BCUT2D eigenvalue weighted by Crippen LogP contribution is -2.67. The topological polar surface area (TPSA) is 102 Å². The number of benzene rings is 2. The predicted octanol–water partition coefficient (Wildman–Crippen LogP) is 6.64. The number of alkyl carbamates (subject to hydrolysis) is 1. The number of aromatic nitrogens is 1. The van der Waals surface area contributed by atoms with Crippen molar-refractivity contribution in [3.63, 3.8) is 0 Å². The van der Waals surface area contributed by atoms with E-state index in [1.807, 2.05) is 32.9 Å². The number of carbonyl (C=O) groups excluding carboxylic acids is 2. The van der Waals surface area contributed by atoms with Crippen LogP contribution in [-0.4, -0.2) is 36.9 Å². The SMILES string of the molecule is CC(C)(C)OC(=O)N[C@@H]1CCC[C@H](C(=O)NNc2cc(C(O[Si](c3ccccc3)(c3ccccc3)C(C)(C)C)C3CC3)ccn2)C1. The molecule has 0 spiro atoms. The third-order valence-corrected chi connectivity index (χ3v) is 14.0. The summed E-state index contributed by atoms with van der Waals surface area (Å²) < 4.78 is 13.0. The Morgan fingerprint density at radius 1 is 0.870 bits per heavy atom. The fourth-order valence-corrected chi connectivity index (χ4v) is 11.4. The van der Waals surface area contributed by atoms with Crippen molar-refractivity contribution in [1.82, 2.24) is 15.7 Å². The molecule has 1 heterocycles. The van der Waals surface area contributed by atoms with Crippen LogP contribution in [0.4, 0.5) is 10.6 Å². The standard InChI is InChI=1S/C37H50N4O4Si/c1-36(2,3)44-35(43)39-29-15-13-14-28(24-29)34(42)41-40-32-25-27(22-23-38-32)33(26-20-21-26)45-46(37(4,5)6,30-16-9-7-10-17-30)31-18-11-8-12-19-31/h7-12,16-19,22-23,25-26,28-29,33H,13-15,20-21,24H2,1-6H3,(H,38,40)(H,39,43)(H,41,42)/t28-,29+,33?/m0/s1. The molecule has 0 radical (unpaired) electrons. The minimum absolute atomic E-state index is 0.0984. The van der Waals surface area contributed by atoms with E-state index in [1.54, 1.807) is 6.20 Å². The van der Waals surface area contributed by atoms with Gasteiger partial charge in [0.05, 0.1) is 6.10 Å². The molecule has 2 saturated carbocycles. The Balaban J connectivity index is 1.32. The van der Waals surface area contributed by atoms with E-state index in [4.69, 9.17) is 9.16 Å². The highest BCUT2D eigenvalue weighted by Crippen LogP contribution is 2.48. The van der Waals surface area contributed by atoms with E-state index in [1.165, 1.54) is 10.4 Å². The Labute approximate surface area is 275 Å². The van der Waals surface area contributed by atoms with Gasteiger partial charge in [0.1, 0.15) is 11.4 Å². The highest BCUT2D eigenvalue weighted by molar-refractivity contribution is 6.99. The van der Waals surface area contributed by atoms with Gasteiger partial charge in [-0.2, -0.15) is 0 Å². The van der Waals surface area contributed by atoms with Crippen LogP contribution in [0.25, 0.3) is 0 Å². The third-order valence-electron chi connectivity index (χ3n) is 8.96. The van der Waals surface area contributed by atoms with Crippen LogP contribution in [0.3, 0.4) is 0 Å². The molecule has 2 amide bonds. The van der Waals surface area contributed by atoms with Crippen molar-refractivity contribution in [3.05, 3.63) is 84.6 Å². The van der Waals surface area contributed by atoms with E-state index in [0.29, 0.717) is 18.2 Å². The minimum Gasteiger partial charge on any atom is -0.444 e. The normalized spacial score (nSPS) is 19.5. The van der Waals surface area contributed by atoms with E-state index in [2.05, 4.69) is 103 Å². The zero-order valence-corrected chi connectivity index (χ0v) is 29.1. The first-order valence-electron chi connectivity index (χ1n) is 16.7. The van der Waals surface area contributed by atoms with E-state index >= 15 is 0 Å². The highest BCUT2D eigenvalue weighted by Gasteiger charge is 2.53. The molecule has 46 heavy (non-hydrogen) atoms. The van der Waals surface area contributed by atoms with Crippen molar-refractivity contribution < 1.29 is 18.8 Å². The van der Waals surface area contributed by atoms with Gasteiger partial charge in [-0.15, -0.1) is 0 Å². The molecule has 1 aromatic heterocycles. The van der Waals surface area contributed by atoms with Crippen LogP contribution >= 0.6 is 0 Å². The van der Waals surface area contributed by atoms with E-state index in [0.717, 1.165) is 37.7 Å². The summed E-state index contributed by atoms with van der Waals surface area (Å²) >= 11 is 0. The van der Waals surface area contributed by atoms with Crippen LogP contribution in [0.5, 0.6) is 0 Å². The van der Waals surface area contributed by atoms with Crippen LogP contribution in [0.15, 0.2) is 79.0 Å². The molecule has 0 bridgehead atoms. The minimum atomic E-state index is -2.78. The first-order chi connectivity index (χ1) is 21.9. The van der Waals surface area contributed by atoms with Gasteiger partial charge >= 0.3 is 6.09 Å². The maximum atomic E-state index is 13.2. The van der Waals surface area contributed by atoms with Crippen molar-refractivity contribution in [2.24, 2.45) is 11.8 Å². The Bertz CT molecular complexity index is 1430. The van der Waals surface area contributed by atoms with Crippen LogP contribution in [0, 0.1) is 11.8 Å². The molecule has 0 aliphatic heterocycles. The molecule has 5 rings (SSSR count). The van der Waals surface area contributed by atoms with Gasteiger partial charge in [-0.25, -0.2) is 9.78 Å². The maximum Gasteiger partial charge on any atom is 0.407 e. The lowest BCUT2D eigenvalue weighted by atomic mass is 9.85. The van der Waals surface area contributed by atoms with Crippen LogP contribution in [0.2, 0.25) is 5.04 Å².